The second-order valence-corrected chi connectivity index (χ2v) is 7.98. The minimum atomic E-state index is -0.584. The van der Waals surface area contributed by atoms with Crippen molar-refractivity contribution >= 4 is 0 Å². The number of methoxy groups -OCH3 is 2. The molecule has 0 spiro atoms. The van der Waals surface area contributed by atoms with Crippen LogP contribution in [0.25, 0.3) is 22.5 Å². The smallest absolute Gasteiger partial charge is 0.329 e. The molecular formula is C25H30N6O3. The van der Waals surface area contributed by atoms with E-state index in [2.05, 4.69) is 51.8 Å². The summed E-state index contributed by atoms with van der Waals surface area (Å²) in [7, 11) is 3.19. The zero-order valence-corrected chi connectivity index (χ0v) is 20.0. The second kappa shape index (κ2) is 10.6. The minimum Gasteiger partial charge on any atom is -0.350 e. The molecule has 0 saturated carbocycles. The Balaban J connectivity index is 1.70. The van der Waals surface area contributed by atoms with Crippen molar-refractivity contribution in [1.29, 1.82) is 0 Å². The van der Waals surface area contributed by atoms with Gasteiger partial charge in [0.15, 0.2) is 6.29 Å². The van der Waals surface area contributed by atoms with Gasteiger partial charge in [0.25, 0.3) is 0 Å². The lowest BCUT2D eigenvalue weighted by Gasteiger charge is -2.17. The van der Waals surface area contributed by atoms with Crippen LogP contribution in [0, 0.1) is 0 Å². The molecule has 2 aromatic heterocycles. The Morgan fingerprint density at radius 1 is 0.971 bits per heavy atom. The Labute approximate surface area is 198 Å². The lowest BCUT2D eigenvalue weighted by atomic mass is 9.98. The number of hydrogen-bond acceptors (Lipinski definition) is 6. The number of nitrogens with zero attached hydrogens (tertiary/aromatic N) is 5. The summed E-state index contributed by atoms with van der Waals surface area (Å²) < 4.78 is 14.6. The molecule has 2 aromatic carbocycles. The zero-order valence-electron chi connectivity index (χ0n) is 20.0. The Bertz CT molecular complexity index is 1270. The summed E-state index contributed by atoms with van der Waals surface area (Å²) >= 11 is 0. The fourth-order valence-electron chi connectivity index (χ4n) is 4.39. The van der Waals surface area contributed by atoms with Crippen molar-refractivity contribution in [3.63, 3.8) is 0 Å². The third kappa shape index (κ3) is 4.44. The van der Waals surface area contributed by atoms with Crippen LogP contribution in [0.4, 0.5) is 0 Å². The first-order valence-electron chi connectivity index (χ1n) is 11.4. The van der Waals surface area contributed by atoms with E-state index in [0.29, 0.717) is 18.9 Å². The topological polar surface area (TPSA) is 99.9 Å². The van der Waals surface area contributed by atoms with E-state index < -0.39 is 6.29 Å². The van der Waals surface area contributed by atoms with Crippen LogP contribution in [-0.4, -0.2) is 44.0 Å². The lowest BCUT2D eigenvalue weighted by Crippen LogP contribution is -2.26. The maximum absolute atomic E-state index is 13.3. The van der Waals surface area contributed by atoms with Gasteiger partial charge in [-0.3, -0.25) is 9.13 Å². The number of tetrazole rings is 1. The first-order chi connectivity index (χ1) is 16.6. The molecule has 1 N–H and O–H groups in total. The average Bonchev–Trinajstić information content (AvgIpc) is 3.49. The predicted molar refractivity (Wildman–Crippen MR) is 129 cm³/mol. The van der Waals surface area contributed by atoms with Crippen molar-refractivity contribution < 1.29 is 9.47 Å². The van der Waals surface area contributed by atoms with E-state index in [4.69, 9.17) is 9.47 Å². The monoisotopic (exact) mass is 462 g/mol. The summed E-state index contributed by atoms with van der Waals surface area (Å²) in [6.07, 6.45) is 1.09. The Kier molecular flexibility index (Phi) is 7.34. The third-order valence-electron chi connectivity index (χ3n) is 5.95. The van der Waals surface area contributed by atoms with Gasteiger partial charge in [0.05, 0.1) is 12.2 Å². The molecule has 0 amide bonds. The van der Waals surface area contributed by atoms with Crippen molar-refractivity contribution in [3.8, 4) is 22.5 Å². The average molecular weight is 463 g/mol. The molecule has 4 aromatic rings. The lowest BCUT2D eigenvalue weighted by molar-refractivity contribution is -0.111. The van der Waals surface area contributed by atoms with Gasteiger partial charge in [-0.1, -0.05) is 61.9 Å². The number of rotatable bonds is 10. The molecule has 0 aliphatic rings. The number of ether oxygens (including phenoxy) is 2. The van der Waals surface area contributed by atoms with Gasteiger partial charge in [0.2, 0.25) is 5.82 Å². The van der Waals surface area contributed by atoms with Crippen molar-refractivity contribution in [2.45, 2.75) is 46.1 Å². The van der Waals surface area contributed by atoms with Gasteiger partial charge in [0.1, 0.15) is 0 Å². The number of aromatic nitrogens is 6. The minimum absolute atomic E-state index is 0.0495. The molecule has 178 valence electrons. The summed E-state index contributed by atoms with van der Waals surface area (Å²) in [5.41, 5.74) is 5.69. The van der Waals surface area contributed by atoms with Gasteiger partial charge < -0.3 is 9.47 Å². The van der Waals surface area contributed by atoms with Gasteiger partial charge in [-0.05, 0) is 35.2 Å². The van der Waals surface area contributed by atoms with E-state index >= 15 is 0 Å². The molecule has 9 heteroatoms. The summed E-state index contributed by atoms with van der Waals surface area (Å²) in [6, 6.07) is 16.2. The van der Waals surface area contributed by atoms with Crippen LogP contribution >= 0.6 is 0 Å². The maximum Gasteiger partial charge on any atom is 0.329 e. The van der Waals surface area contributed by atoms with Gasteiger partial charge >= 0.3 is 5.69 Å². The number of nitrogens with one attached hydrogen (secondary N) is 1. The van der Waals surface area contributed by atoms with Crippen molar-refractivity contribution in [2.75, 3.05) is 14.2 Å². The third-order valence-corrected chi connectivity index (χ3v) is 5.95. The van der Waals surface area contributed by atoms with Crippen LogP contribution in [0.5, 0.6) is 0 Å². The highest BCUT2D eigenvalue weighted by Gasteiger charge is 2.25. The van der Waals surface area contributed by atoms with Crippen LogP contribution < -0.4 is 5.69 Å². The summed E-state index contributed by atoms with van der Waals surface area (Å²) in [4.78, 5) is 13.3. The molecule has 34 heavy (non-hydrogen) atoms. The second-order valence-electron chi connectivity index (χ2n) is 7.98. The number of aromatic amines is 1. The van der Waals surface area contributed by atoms with Gasteiger partial charge in [-0.15, -0.1) is 10.2 Å². The van der Waals surface area contributed by atoms with Crippen LogP contribution in [0.3, 0.4) is 0 Å². The number of imidazole rings is 1. The van der Waals surface area contributed by atoms with E-state index in [1.807, 2.05) is 35.8 Å². The number of H-pyrrole nitrogens is 1. The number of hydrogen-bond donors (Lipinski definition) is 1. The molecule has 0 fully saturated rings. The van der Waals surface area contributed by atoms with Crippen molar-refractivity contribution in [1.82, 2.24) is 29.8 Å². The molecule has 0 unspecified atom stereocenters. The molecular weight excluding hydrogens is 432 g/mol. The van der Waals surface area contributed by atoms with Crippen LogP contribution in [0.15, 0.2) is 53.3 Å². The Morgan fingerprint density at radius 3 is 2.26 bits per heavy atom. The Morgan fingerprint density at radius 2 is 1.68 bits per heavy atom. The zero-order chi connectivity index (χ0) is 24.1. The first kappa shape index (κ1) is 23.6. The van der Waals surface area contributed by atoms with Crippen molar-refractivity contribution in [3.05, 3.63) is 76.0 Å². The predicted octanol–water partition coefficient (Wildman–Crippen LogP) is 3.81. The summed E-state index contributed by atoms with van der Waals surface area (Å²) in [5, 5.41) is 14.4. The quantitative estimate of drug-likeness (QED) is 0.360. The highest BCUT2D eigenvalue weighted by molar-refractivity contribution is 5.80. The van der Waals surface area contributed by atoms with Gasteiger partial charge in [-0.2, -0.15) is 5.21 Å². The molecule has 0 aliphatic heterocycles. The molecule has 0 aliphatic carbocycles. The van der Waals surface area contributed by atoms with Gasteiger partial charge in [0, 0.05) is 32.0 Å². The maximum atomic E-state index is 13.3. The normalized spacial score (nSPS) is 11.4. The van der Waals surface area contributed by atoms with Crippen LogP contribution in [0.1, 0.15) is 43.5 Å². The molecule has 4 rings (SSSR count). The van der Waals surface area contributed by atoms with Crippen LogP contribution in [-0.2, 0) is 29.0 Å². The molecule has 0 saturated heterocycles. The standard InChI is InChI=1S/C25H30N6O3/c1-5-9-21-22(24(33-3)34-4)30(6-2)25(32)31(21)16-17-12-14-18(15-13-17)19-10-7-8-11-20(19)23-26-28-29-27-23/h7-8,10-15,24H,5-6,9,16H2,1-4H3,(H,26,27,28,29). The summed E-state index contributed by atoms with van der Waals surface area (Å²) in [6.45, 7) is 5.09. The number of benzene rings is 2. The Hall–Kier alpha value is -3.56. The largest absolute Gasteiger partial charge is 0.350 e. The first-order valence-corrected chi connectivity index (χ1v) is 11.4. The van der Waals surface area contributed by atoms with Gasteiger partial charge in [-0.25, -0.2) is 4.79 Å². The highest BCUT2D eigenvalue weighted by Crippen LogP contribution is 2.30. The fraction of sp³-hybridized carbons (Fsp3) is 0.360. The van der Waals surface area contributed by atoms with Crippen LogP contribution in [0.2, 0.25) is 0 Å². The molecule has 0 radical (unpaired) electrons. The summed E-state index contributed by atoms with van der Waals surface area (Å²) in [5.74, 6) is 0.551. The SMILES string of the molecule is CCCc1c(C(OC)OC)n(CC)c(=O)n1Cc1ccc(-c2ccccc2-c2nn[nH]n2)cc1. The van der Waals surface area contributed by atoms with E-state index in [1.54, 1.807) is 18.8 Å². The van der Waals surface area contributed by atoms with Crippen molar-refractivity contribution in [2.24, 2.45) is 0 Å². The molecule has 9 nitrogen and oxygen atoms in total. The highest BCUT2D eigenvalue weighted by atomic mass is 16.7. The van der Waals surface area contributed by atoms with E-state index in [1.165, 1.54) is 0 Å². The molecule has 0 atom stereocenters. The fourth-order valence-corrected chi connectivity index (χ4v) is 4.39. The molecule has 0 bridgehead atoms. The van der Waals surface area contributed by atoms with E-state index in [9.17, 15) is 4.79 Å². The van der Waals surface area contributed by atoms with E-state index in [0.717, 1.165) is 46.5 Å². The molecule has 2 heterocycles. The van der Waals surface area contributed by atoms with E-state index in [-0.39, 0.29) is 5.69 Å².